The van der Waals surface area contributed by atoms with Gasteiger partial charge in [0, 0.05) is 29.6 Å². The van der Waals surface area contributed by atoms with Gasteiger partial charge in [0.2, 0.25) is 0 Å². The predicted molar refractivity (Wildman–Crippen MR) is 109 cm³/mol. The second-order valence-electron chi connectivity index (χ2n) is 6.67. The molecule has 2 aromatic carbocycles. The molecule has 1 aliphatic heterocycles. The molecule has 0 aromatic heterocycles. The van der Waals surface area contributed by atoms with Crippen LogP contribution in [0.3, 0.4) is 0 Å². The van der Waals surface area contributed by atoms with E-state index in [1.807, 2.05) is 0 Å². The number of carbonyl (C=O) groups is 1. The van der Waals surface area contributed by atoms with Gasteiger partial charge in [-0.25, -0.2) is 8.42 Å². The standard InChI is InChI=1S/C20H20ClN3O4S/c1-28-19-6-5-16(21)12-18(19)23-29(26,27)17-4-2-3-15(11-17)20(25)24-9-7-14(13-22)8-10-24/h2-6,11-12,14,23H,7-10H2,1H3. The molecule has 0 radical (unpaired) electrons. The number of nitriles is 1. The fourth-order valence-corrected chi connectivity index (χ4v) is 4.43. The molecule has 0 atom stereocenters. The maximum atomic E-state index is 12.8. The first kappa shape index (κ1) is 21.0. The van der Waals surface area contributed by atoms with Crippen LogP contribution in [0.4, 0.5) is 5.69 Å². The van der Waals surface area contributed by atoms with Crippen LogP contribution in [0, 0.1) is 17.2 Å². The van der Waals surface area contributed by atoms with Crippen molar-refractivity contribution in [3.63, 3.8) is 0 Å². The van der Waals surface area contributed by atoms with E-state index >= 15 is 0 Å². The number of nitrogens with zero attached hydrogens (tertiary/aromatic N) is 2. The van der Waals surface area contributed by atoms with Gasteiger partial charge in [-0.3, -0.25) is 9.52 Å². The summed E-state index contributed by atoms with van der Waals surface area (Å²) in [7, 11) is -2.54. The van der Waals surface area contributed by atoms with E-state index in [2.05, 4.69) is 10.8 Å². The number of carbonyl (C=O) groups excluding carboxylic acids is 1. The number of methoxy groups -OCH3 is 1. The van der Waals surface area contributed by atoms with E-state index in [1.165, 1.54) is 31.4 Å². The Kier molecular flexibility index (Phi) is 6.30. The van der Waals surface area contributed by atoms with Gasteiger partial charge in [0.1, 0.15) is 5.75 Å². The molecule has 0 saturated carbocycles. The van der Waals surface area contributed by atoms with Crippen LogP contribution < -0.4 is 9.46 Å². The third-order valence-corrected chi connectivity index (χ3v) is 6.36. The Bertz CT molecular complexity index is 1060. The number of ether oxygens (including phenoxy) is 1. The summed E-state index contributed by atoms with van der Waals surface area (Å²) in [6, 6.07) is 12.7. The van der Waals surface area contributed by atoms with E-state index in [9.17, 15) is 13.2 Å². The monoisotopic (exact) mass is 433 g/mol. The summed E-state index contributed by atoms with van der Waals surface area (Å²) in [6.45, 7) is 0.956. The van der Waals surface area contributed by atoms with Gasteiger partial charge < -0.3 is 9.64 Å². The Labute approximate surface area is 174 Å². The Morgan fingerprint density at radius 3 is 2.62 bits per heavy atom. The van der Waals surface area contributed by atoms with Crippen molar-refractivity contribution in [2.75, 3.05) is 24.9 Å². The molecular formula is C20H20ClN3O4S. The summed E-state index contributed by atoms with van der Waals surface area (Å²) in [5.41, 5.74) is 0.483. The quantitative estimate of drug-likeness (QED) is 0.777. The molecule has 7 nitrogen and oxygen atoms in total. The predicted octanol–water partition coefficient (Wildman–Crippen LogP) is 3.53. The normalized spacial score (nSPS) is 14.9. The second kappa shape index (κ2) is 8.72. The Hall–Kier alpha value is -2.76. The number of piperidine rings is 1. The highest BCUT2D eigenvalue weighted by Gasteiger charge is 2.25. The molecule has 1 fully saturated rings. The molecule has 1 saturated heterocycles. The summed E-state index contributed by atoms with van der Waals surface area (Å²) in [5.74, 6) is 0.0342. The van der Waals surface area contributed by atoms with Crippen molar-refractivity contribution < 1.29 is 17.9 Å². The molecule has 29 heavy (non-hydrogen) atoms. The lowest BCUT2D eigenvalue weighted by Gasteiger charge is -2.29. The minimum absolute atomic E-state index is 0.0392. The van der Waals surface area contributed by atoms with Crippen LogP contribution in [0.2, 0.25) is 5.02 Å². The van der Waals surface area contributed by atoms with Crippen molar-refractivity contribution >= 4 is 33.2 Å². The molecule has 1 amide bonds. The van der Waals surface area contributed by atoms with Crippen LogP contribution in [0.15, 0.2) is 47.4 Å². The fourth-order valence-electron chi connectivity index (χ4n) is 3.15. The maximum absolute atomic E-state index is 12.8. The minimum Gasteiger partial charge on any atom is -0.495 e. The van der Waals surface area contributed by atoms with E-state index in [-0.39, 0.29) is 28.0 Å². The maximum Gasteiger partial charge on any atom is 0.262 e. The largest absolute Gasteiger partial charge is 0.495 e. The number of benzene rings is 2. The van der Waals surface area contributed by atoms with Crippen LogP contribution in [0.25, 0.3) is 0 Å². The second-order valence-corrected chi connectivity index (χ2v) is 8.79. The molecule has 1 heterocycles. The van der Waals surface area contributed by atoms with Crippen molar-refractivity contribution in [2.45, 2.75) is 17.7 Å². The number of hydrogen-bond acceptors (Lipinski definition) is 5. The zero-order valence-electron chi connectivity index (χ0n) is 15.8. The van der Waals surface area contributed by atoms with Gasteiger partial charge in [-0.1, -0.05) is 17.7 Å². The van der Waals surface area contributed by atoms with Crippen molar-refractivity contribution in [2.24, 2.45) is 5.92 Å². The number of halogens is 1. The SMILES string of the molecule is COc1ccc(Cl)cc1NS(=O)(=O)c1cccc(C(=O)N2CCC(C#N)CC2)c1. The van der Waals surface area contributed by atoms with E-state index in [1.54, 1.807) is 23.1 Å². The minimum atomic E-state index is -3.96. The van der Waals surface area contributed by atoms with Crippen LogP contribution >= 0.6 is 11.6 Å². The first-order valence-electron chi connectivity index (χ1n) is 8.99. The summed E-state index contributed by atoms with van der Waals surface area (Å²) >= 11 is 5.96. The lowest BCUT2D eigenvalue weighted by molar-refractivity contribution is 0.0707. The van der Waals surface area contributed by atoms with Crippen molar-refractivity contribution in [3.05, 3.63) is 53.1 Å². The smallest absolute Gasteiger partial charge is 0.262 e. The number of anilines is 1. The zero-order valence-corrected chi connectivity index (χ0v) is 17.3. The van der Waals surface area contributed by atoms with Gasteiger partial charge in [-0.2, -0.15) is 5.26 Å². The van der Waals surface area contributed by atoms with E-state index in [0.29, 0.717) is 36.7 Å². The van der Waals surface area contributed by atoms with Gasteiger partial charge in [0.25, 0.3) is 15.9 Å². The van der Waals surface area contributed by atoms with Crippen LogP contribution in [0.5, 0.6) is 5.75 Å². The fraction of sp³-hybridized carbons (Fsp3) is 0.300. The van der Waals surface area contributed by atoms with Crippen LogP contribution in [-0.4, -0.2) is 39.4 Å². The first-order chi connectivity index (χ1) is 13.8. The van der Waals surface area contributed by atoms with E-state index < -0.39 is 10.0 Å². The summed E-state index contributed by atoms with van der Waals surface area (Å²) in [5, 5.41) is 9.34. The lowest BCUT2D eigenvalue weighted by Crippen LogP contribution is -2.38. The van der Waals surface area contributed by atoms with Gasteiger partial charge in [0.05, 0.1) is 23.8 Å². The zero-order chi connectivity index (χ0) is 21.0. The molecule has 2 aromatic rings. The average molecular weight is 434 g/mol. The topological polar surface area (TPSA) is 99.5 Å². The molecule has 0 unspecified atom stereocenters. The van der Waals surface area contributed by atoms with Crippen molar-refractivity contribution in [1.29, 1.82) is 5.26 Å². The summed E-state index contributed by atoms with van der Waals surface area (Å²) in [4.78, 5) is 14.4. The number of sulfonamides is 1. The number of likely N-dealkylation sites (tertiary alicyclic amines) is 1. The molecule has 0 spiro atoms. The molecule has 0 bridgehead atoms. The molecule has 1 N–H and O–H groups in total. The van der Waals surface area contributed by atoms with E-state index in [0.717, 1.165) is 0 Å². The third-order valence-electron chi connectivity index (χ3n) is 4.76. The first-order valence-corrected chi connectivity index (χ1v) is 10.9. The van der Waals surface area contributed by atoms with Crippen molar-refractivity contribution in [3.8, 4) is 11.8 Å². The summed E-state index contributed by atoms with van der Waals surface area (Å²) in [6.07, 6.45) is 1.24. The van der Waals surface area contributed by atoms with Crippen LogP contribution in [0.1, 0.15) is 23.2 Å². The molecule has 0 aliphatic carbocycles. The number of hydrogen-bond donors (Lipinski definition) is 1. The molecule has 3 rings (SSSR count). The molecule has 152 valence electrons. The Balaban J connectivity index is 1.82. The highest BCUT2D eigenvalue weighted by Crippen LogP contribution is 2.30. The number of rotatable bonds is 5. The number of nitrogens with one attached hydrogen (secondary N) is 1. The van der Waals surface area contributed by atoms with E-state index in [4.69, 9.17) is 21.6 Å². The molecular weight excluding hydrogens is 414 g/mol. The van der Waals surface area contributed by atoms with Gasteiger partial charge in [-0.05, 0) is 49.2 Å². The summed E-state index contributed by atoms with van der Waals surface area (Å²) < 4.78 is 33.3. The third kappa shape index (κ3) is 4.81. The molecule has 9 heteroatoms. The Morgan fingerprint density at radius 2 is 1.97 bits per heavy atom. The van der Waals surface area contributed by atoms with Gasteiger partial charge in [0.15, 0.2) is 0 Å². The highest BCUT2D eigenvalue weighted by molar-refractivity contribution is 7.92. The molecule has 1 aliphatic rings. The Morgan fingerprint density at radius 1 is 1.24 bits per heavy atom. The number of amides is 1. The average Bonchev–Trinajstić information content (AvgIpc) is 2.73. The highest BCUT2D eigenvalue weighted by atomic mass is 35.5. The van der Waals surface area contributed by atoms with Gasteiger partial charge >= 0.3 is 0 Å². The van der Waals surface area contributed by atoms with Crippen LogP contribution in [-0.2, 0) is 10.0 Å². The van der Waals surface area contributed by atoms with Gasteiger partial charge in [-0.15, -0.1) is 0 Å². The van der Waals surface area contributed by atoms with Crippen molar-refractivity contribution in [1.82, 2.24) is 4.90 Å². The lowest BCUT2D eigenvalue weighted by atomic mass is 9.98.